The Labute approximate surface area is 202 Å². The predicted octanol–water partition coefficient (Wildman–Crippen LogP) is 3.92. The van der Waals surface area contributed by atoms with E-state index in [1.165, 1.54) is 17.0 Å². The van der Waals surface area contributed by atoms with Gasteiger partial charge in [0.1, 0.15) is 23.2 Å². The molecule has 0 atom stereocenters. The largest absolute Gasteiger partial charge is 0.390 e. The van der Waals surface area contributed by atoms with Gasteiger partial charge in [-0.2, -0.15) is 18.3 Å². The molecule has 4 heterocycles. The van der Waals surface area contributed by atoms with Crippen molar-refractivity contribution in [1.82, 2.24) is 34.4 Å². The molecular formula is C23H22F4N8O. The Morgan fingerprint density at radius 1 is 1.08 bits per heavy atom. The van der Waals surface area contributed by atoms with E-state index in [0.29, 0.717) is 46.5 Å². The molecule has 2 amide bonds. The third kappa shape index (κ3) is 4.68. The molecular weight excluding hydrogens is 480 g/mol. The second-order valence-corrected chi connectivity index (χ2v) is 8.30. The lowest BCUT2D eigenvalue weighted by molar-refractivity contribution is -0.133. The Morgan fingerprint density at radius 2 is 1.86 bits per heavy atom. The van der Waals surface area contributed by atoms with Gasteiger partial charge in [0.25, 0.3) is 0 Å². The van der Waals surface area contributed by atoms with E-state index in [4.69, 9.17) is 10.1 Å². The van der Waals surface area contributed by atoms with Gasteiger partial charge in [0.2, 0.25) is 0 Å². The van der Waals surface area contributed by atoms with E-state index in [1.807, 2.05) is 16.7 Å². The van der Waals surface area contributed by atoms with Gasteiger partial charge < -0.3 is 20.1 Å². The van der Waals surface area contributed by atoms with Crippen LogP contribution in [0.1, 0.15) is 12.2 Å². The molecule has 0 unspecified atom stereocenters. The first kappa shape index (κ1) is 23.6. The monoisotopic (exact) mass is 502 g/mol. The molecule has 0 radical (unpaired) electrons. The van der Waals surface area contributed by atoms with Crippen LogP contribution in [-0.2, 0) is 13.1 Å². The highest BCUT2D eigenvalue weighted by atomic mass is 19.4. The molecule has 0 saturated carbocycles. The number of benzene rings is 1. The fourth-order valence-corrected chi connectivity index (χ4v) is 4.13. The Balaban J connectivity index is 1.50. The van der Waals surface area contributed by atoms with Gasteiger partial charge in [0.05, 0.1) is 30.6 Å². The Morgan fingerprint density at radius 3 is 2.58 bits per heavy atom. The van der Waals surface area contributed by atoms with Crippen LogP contribution in [0.25, 0.3) is 28.3 Å². The molecule has 9 nitrogen and oxygen atoms in total. The van der Waals surface area contributed by atoms with E-state index in [2.05, 4.69) is 15.6 Å². The van der Waals surface area contributed by atoms with Gasteiger partial charge in [-0.3, -0.25) is 0 Å². The quantitative estimate of drug-likeness (QED) is 0.404. The number of alkyl halides is 3. The molecule has 188 valence electrons. The number of urea groups is 1. The molecule has 5 rings (SSSR count). The minimum atomic E-state index is -4.35. The first-order valence-corrected chi connectivity index (χ1v) is 11.2. The van der Waals surface area contributed by atoms with E-state index < -0.39 is 25.2 Å². The summed E-state index contributed by atoms with van der Waals surface area (Å²) in [7, 11) is 1.76. The summed E-state index contributed by atoms with van der Waals surface area (Å²) in [4.78, 5) is 23.0. The highest BCUT2D eigenvalue weighted by Crippen LogP contribution is 2.34. The molecule has 2 N–H and O–H groups in total. The number of hydrogen-bond acceptors (Lipinski definition) is 5. The van der Waals surface area contributed by atoms with Gasteiger partial charge in [-0.1, -0.05) is 0 Å². The van der Waals surface area contributed by atoms with Crippen LogP contribution in [-0.4, -0.2) is 61.4 Å². The molecule has 36 heavy (non-hydrogen) atoms. The molecule has 1 aromatic carbocycles. The summed E-state index contributed by atoms with van der Waals surface area (Å²) in [5.41, 5.74) is 3.16. The normalized spacial score (nSPS) is 13.6. The smallest absolute Gasteiger partial charge is 0.372 e. The van der Waals surface area contributed by atoms with Crippen molar-refractivity contribution in [3.63, 3.8) is 0 Å². The minimum Gasteiger partial charge on any atom is -0.372 e. The van der Waals surface area contributed by atoms with Crippen molar-refractivity contribution < 1.29 is 22.4 Å². The van der Waals surface area contributed by atoms with E-state index in [1.54, 1.807) is 29.9 Å². The number of carbonyl (C=O) groups excluding carboxylic acids is 1. The fourth-order valence-electron chi connectivity index (χ4n) is 4.13. The van der Waals surface area contributed by atoms with Crippen LogP contribution < -0.4 is 10.6 Å². The molecule has 0 aliphatic carbocycles. The Bertz CT molecular complexity index is 1410. The predicted molar refractivity (Wildman–Crippen MR) is 124 cm³/mol. The zero-order valence-corrected chi connectivity index (χ0v) is 19.2. The summed E-state index contributed by atoms with van der Waals surface area (Å²) < 4.78 is 54.5. The number of carbonyl (C=O) groups is 1. The molecule has 1 aliphatic rings. The van der Waals surface area contributed by atoms with Crippen LogP contribution >= 0.6 is 0 Å². The topological polar surface area (TPSA) is 92.4 Å². The maximum absolute atomic E-state index is 13.6. The first-order valence-electron chi connectivity index (χ1n) is 11.2. The average Bonchev–Trinajstić information content (AvgIpc) is 3.43. The number of halogens is 4. The highest BCUT2D eigenvalue weighted by Gasteiger charge is 2.30. The maximum Gasteiger partial charge on any atom is 0.390 e. The Hall–Kier alpha value is -4.16. The summed E-state index contributed by atoms with van der Waals surface area (Å²) in [6, 6.07) is 8.95. The number of imidazole rings is 2. The molecule has 4 aromatic rings. The number of nitrogens with one attached hydrogen (secondary N) is 2. The number of rotatable bonds is 5. The van der Waals surface area contributed by atoms with Crippen LogP contribution in [0.5, 0.6) is 0 Å². The molecule has 1 aliphatic heterocycles. The van der Waals surface area contributed by atoms with E-state index in [9.17, 15) is 22.4 Å². The zero-order chi connectivity index (χ0) is 25.4. The average molecular weight is 502 g/mol. The lowest BCUT2D eigenvalue weighted by Crippen LogP contribution is -2.45. The van der Waals surface area contributed by atoms with Gasteiger partial charge in [-0.05, 0) is 36.4 Å². The van der Waals surface area contributed by atoms with Gasteiger partial charge in [-0.25, -0.2) is 23.7 Å². The maximum atomic E-state index is 13.6. The van der Waals surface area contributed by atoms with Gasteiger partial charge in [0, 0.05) is 32.2 Å². The summed E-state index contributed by atoms with van der Waals surface area (Å²) in [5, 5.41) is 9.98. The van der Waals surface area contributed by atoms with Gasteiger partial charge >= 0.3 is 12.2 Å². The minimum absolute atomic E-state index is 0.100. The molecule has 0 bridgehead atoms. The summed E-state index contributed by atoms with van der Waals surface area (Å²) in [6.07, 6.45) is -3.70. The number of fused-ring (bicyclic) bond motifs is 2. The standard InChI is InChI=1S/C23H22F4N8O/c1-28-17-12-35-18(30-17)7-6-16(32-35)21-20(14-2-4-15(24)5-3-14)31-19-13-33(10-11-34(19)21)22(36)29-9-8-23(25,26)27/h2-7,12,28H,8-11,13H2,1H3,(H,29,36). The number of nitrogens with zero attached hydrogens (tertiary/aromatic N) is 6. The second-order valence-electron chi connectivity index (χ2n) is 8.30. The SMILES string of the molecule is CNc1cn2nc(-c3c(-c4ccc(F)cc4)nc4n3CCN(C(=O)NCCC(F)(F)F)C4)ccc2n1. The molecule has 13 heteroatoms. The highest BCUT2D eigenvalue weighted by molar-refractivity contribution is 5.78. The van der Waals surface area contributed by atoms with Crippen molar-refractivity contribution in [3.05, 3.63) is 54.2 Å². The summed E-state index contributed by atoms with van der Waals surface area (Å²) in [5.74, 6) is 0.814. The van der Waals surface area contributed by atoms with Crippen LogP contribution in [0.2, 0.25) is 0 Å². The number of hydrogen-bond donors (Lipinski definition) is 2. The van der Waals surface area contributed by atoms with Crippen LogP contribution in [0, 0.1) is 5.82 Å². The third-order valence-corrected chi connectivity index (χ3v) is 5.88. The van der Waals surface area contributed by atoms with E-state index in [-0.39, 0.29) is 18.9 Å². The van der Waals surface area contributed by atoms with E-state index in [0.717, 1.165) is 0 Å². The van der Waals surface area contributed by atoms with Crippen LogP contribution in [0.4, 0.5) is 28.2 Å². The zero-order valence-electron chi connectivity index (χ0n) is 19.2. The van der Waals surface area contributed by atoms with Gasteiger partial charge in [-0.15, -0.1) is 0 Å². The lowest BCUT2D eigenvalue weighted by atomic mass is 10.1. The van der Waals surface area contributed by atoms with Crippen molar-refractivity contribution in [2.24, 2.45) is 0 Å². The fraction of sp³-hybridized carbons (Fsp3) is 0.304. The van der Waals surface area contributed by atoms with Crippen molar-refractivity contribution in [3.8, 4) is 22.6 Å². The number of aromatic nitrogens is 5. The van der Waals surface area contributed by atoms with Crippen molar-refractivity contribution >= 4 is 17.5 Å². The van der Waals surface area contributed by atoms with Crippen molar-refractivity contribution in [2.45, 2.75) is 25.7 Å². The molecule has 3 aromatic heterocycles. The molecule has 0 fully saturated rings. The second kappa shape index (κ2) is 9.13. The number of amides is 2. The van der Waals surface area contributed by atoms with Crippen molar-refractivity contribution in [1.29, 1.82) is 0 Å². The van der Waals surface area contributed by atoms with Crippen molar-refractivity contribution in [2.75, 3.05) is 25.5 Å². The summed E-state index contributed by atoms with van der Waals surface area (Å²) >= 11 is 0. The van der Waals surface area contributed by atoms with Crippen LogP contribution in [0.15, 0.2) is 42.6 Å². The molecule has 0 spiro atoms. The first-order chi connectivity index (χ1) is 17.2. The number of anilines is 1. The third-order valence-electron chi connectivity index (χ3n) is 5.88. The molecule has 0 saturated heterocycles. The van der Waals surface area contributed by atoms with Crippen LogP contribution in [0.3, 0.4) is 0 Å². The van der Waals surface area contributed by atoms with E-state index >= 15 is 0 Å². The summed E-state index contributed by atoms with van der Waals surface area (Å²) in [6.45, 7) is 0.233. The van der Waals surface area contributed by atoms with Gasteiger partial charge in [0.15, 0.2) is 5.65 Å². The Kier molecular flexibility index (Phi) is 5.98. The lowest BCUT2D eigenvalue weighted by Gasteiger charge is -2.28.